The fourth-order valence-electron chi connectivity index (χ4n) is 2.13. The zero-order valence-corrected chi connectivity index (χ0v) is 17.7. The van der Waals surface area contributed by atoms with E-state index in [-0.39, 0.29) is 23.0 Å². The van der Waals surface area contributed by atoms with Crippen molar-refractivity contribution in [1.29, 1.82) is 0 Å². The minimum Gasteiger partial charge on any atom is -0.436 e. The van der Waals surface area contributed by atoms with E-state index < -0.39 is 25.4 Å². The molecule has 0 aliphatic carbocycles. The molecule has 0 heterocycles. The maximum Gasteiger partial charge on any atom is 0.312 e. The van der Waals surface area contributed by atoms with E-state index in [4.69, 9.17) is 22.6 Å². The van der Waals surface area contributed by atoms with Gasteiger partial charge in [0.1, 0.15) is 0 Å². The highest BCUT2D eigenvalue weighted by molar-refractivity contribution is 6.87. The number of aliphatic hydroxyl groups excluding tert-OH is 2. The number of rotatable bonds is 11. The highest BCUT2D eigenvalue weighted by Crippen LogP contribution is 2.24. The number of hydrogen-bond donors (Lipinski definition) is 2. The molecule has 0 saturated carbocycles. The van der Waals surface area contributed by atoms with Crippen molar-refractivity contribution in [3.8, 4) is 0 Å². The molecule has 0 aliphatic rings. The SMILES string of the molecule is C[Si](C)(CCCO)O[Si](C)(C)O[Si](C)(C)O[Si]CCO. The third kappa shape index (κ3) is 10.4. The van der Waals surface area contributed by atoms with Crippen molar-refractivity contribution in [1.82, 2.24) is 0 Å². The molecule has 2 radical (unpaired) electrons. The van der Waals surface area contributed by atoms with Gasteiger partial charge in [-0.3, -0.25) is 0 Å². The van der Waals surface area contributed by atoms with Gasteiger partial charge in [-0.2, -0.15) is 0 Å². The molecule has 0 aromatic rings. The molecule has 0 atom stereocenters. The van der Waals surface area contributed by atoms with E-state index in [0.29, 0.717) is 6.04 Å². The molecule has 2 N–H and O–H groups in total. The van der Waals surface area contributed by atoms with Crippen molar-refractivity contribution < 1.29 is 22.6 Å². The van der Waals surface area contributed by atoms with Gasteiger partial charge in [-0.05, 0) is 57.8 Å². The van der Waals surface area contributed by atoms with Crippen LogP contribution in [0.1, 0.15) is 6.42 Å². The highest BCUT2D eigenvalue weighted by Gasteiger charge is 2.40. The lowest BCUT2D eigenvalue weighted by Crippen LogP contribution is -2.53. The molecule has 0 fully saturated rings. The van der Waals surface area contributed by atoms with Gasteiger partial charge >= 0.3 is 17.1 Å². The standard InChI is InChI=1S/C11H30O5Si4/c1-18(2,11-7-8-12)15-20(5,6)16-19(3,4)14-17-10-9-13/h12-13H,7-11H2,1-6H3. The van der Waals surface area contributed by atoms with Gasteiger partial charge in [-0.25, -0.2) is 0 Å². The summed E-state index contributed by atoms with van der Waals surface area (Å²) < 4.78 is 18.4. The fraction of sp³-hybridized carbons (Fsp3) is 1.00. The quantitative estimate of drug-likeness (QED) is 0.439. The minimum atomic E-state index is -2.23. The second-order valence-corrected chi connectivity index (χ2v) is 19.2. The summed E-state index contributed by atoms with van der Waals surface area (Å²) in [7, 11) is -5.92. The lowest BCUT2D eigenvalue weighted by Gasteiger charge is -2.38. The summed E-state index contributed by atoms with van der Waals surface area (Å²) in [6.07, 6.45) is 0.791. The van der Waals surface area contributed by atoms with Gasteiger partial charge in [0.25, 0.3) is 0 Å². The second-order valence-electron chi connectivity index (χ2n) is 6.31. The maximum atomic E-state index is 8.95. The van der Waals surface area contributed by atoms with Crippen molar-refractivity contribution in [2.45, 2.75) is 57.8 Å². The van der Waals surface area contributed by atoms with Crippen LogP contribution in [-0.4, -0.2) is 58.6 Å². The van der Waals surface area contributed by atoms with Crippen LogP contribution in [0.15, 0.2) is 0 Å². The molecule has 9 heteroatoms. The van der Waals surface area contributed by atoms with Crippen molar-refractivity contribution in [3.63, 3.8) is 0 Å². The van der Waals surface area contributed by atoms with Crippen LogP contribution in [0.25, 0.3) is 0 Å². The van der Waals surface area contributed by atoms with E-state index in [9.17, 15) is 0 Å². The van der Waals surface area contributed by atoms with Crippen molar-refractivity contribution in [2.75, 3.05) is 13.2 Å². The topological polar surface area (TPSA) is 68.2 Å². The lowest BCUT2D eigenvalue weighted by molar-refractivity contribution is 0.289. The van der Waals surface area contributed by atoms with Crippen LogP contribution in [0.3, 0.4) is 0 Å². The van der Waals surface area contributed by atoms with Gasteiger partial charge in [-0.1, -0.05) is 0 Å². The summed E-state index contributed by atoms with van der Waals surface area (Å²) in [6, 6.07) is 1.61. The van der Waals surface area contributed by atoms with Crippen LogP contribution in [-0.2, 0) is 12.3 Å². The summed E-state index contributed by atoms with van der Waals surface area (Å²) in [5.74, 6) is 0. The smallest absolute Gasteiger partial charge is 0.312 e. The third-order valence-corrected chi connectivity index (χ3v) is 15.1. The van der Waals surface area contributed by atoms with Crippen molar-refractivity contribution in [3.05, 3.63) is 0 Å². The Morgan fingerprint density at radius 1 is 0.850 bits per heavy atom. The van der Waals surface area contributed by atoms with Crippen molar-refractivity contribution in [2.24, 2.45) is 0 Å². The molecule has 5 nitrogen and oxygen atoms in total. The summed E-state index contributed by atoms with van der Waals surface area (Å²) in [5, 5.41) is 17.8. The predicted molar refractivity (Wildman–Crippen MR) is 89.9 cm³/mol. The van der Waals surface area contributed by atoms with E-state index in [1.165, 1.54) is 0 Å². The average Bonchev–Trinajstić information content (AvgIpc) is 2.23. The fourth-order valence-corrected chi connectivity index (χ4v) is 16.6. The molecular weight excluding hydrogens is 324 g/mol. The first-order valence-corrected chi connectivity index (χ1v) is 16.9. The predicted octanol–water partition coefficient (Wildman–Crippen LogP) is 2.06. The first-order chi connectivity index (χ1) is 9.04. The summed E-state index contributed by atoms with van der Waals surface area (Å²) in [5.41, 5.74) is 0. The Hall–Kier alpha value is 0.668. The molecule has 0 spiro atoms. The number of hydrogen-bond acceptors (Lipinski definition) is 5. The van der Waals surface area contributed by atoms with Crippen LogP contribution < -0.4 is 0 Å². The minimum absolute atomic E-state index is 0.154. The van der Waals surface area contributed by atoms with E-state index in [2.05, 4.69) is 26.2 Å². The van der Waals surface area contributed by atoms with Crippen LogP contribution in [0.5, 0.6) is 0 Å². The molecule has 0 aliphatic heterocycles. The highest BCUT2D eigenvalue weighted by atomic mass is 28.5. The molecule has 0 amide bonds. The van der Waals surface area contributed by atoms with Gasteiger partial charge in [0.15, 0.2) is 8.32 Å². The molecule has 120 valence electrons. The van der Waals surface area contributed by atoms with E-state index in [1.807, 2.05) is 13.1 Å². The summed E-state index contributed by atoms with van der Waals surface area (Å²) >= 11 is 0. The Morgan fingerprint density at radius 3 is 1.95 bits per heavy atom. The Bertz CT molecular complexity index is 274. The lowest BCUT2D eigenvalue weighted by atomic mass is 10.5. The van der Waals surface area contributed by atoms with Gasteiger partial charge in [0, 0.05) is 13.2 Å². The van der Waals surface area contributed by atoms with E-state index in [1.54, 1.807) is 0 Å². The van der Waals surface area contributed by atoms with Crippen LogP contribution >= 0.6 is 0 Å². The first-order valence-electron chi connectivity index (χ1n) is 7.06. The van der Waals surface area contributed by atoms with Crippen LogP contribution in [0.2, 0.25) is 51.4 Å². The monoisotopic (exact) mass is 354 g/mol. The molecule has 0 saturated heterocycles. The normalized spacial score (nSPS) is 13.8. The van der Waals surface area contributed by atoms with E-state index >= 15 is 0 Å². The van der Waals surface area contributed by atoms with Gasteiger partial charge in [0.05, 0.1) is 0 Å². The Labute approximate surface area is 129 Å². The maximum absolute atomic E-state index is 8.95. The summed E-state index contributed by atoms with van der Waals surface area (Å²) in [6.45, 7) is 12.9. The Balaban J connectivity index is 4.40. The molecular formula is C11H30O5Si4. The zero-order chi connectivity index (χ0) is 15.9. The molecule has 20 heavy (non-hydrogen) atoms. The second kappa shape index (κ2) is 8.95. The Morgan fingerprint density at radius 2 is 1.45 bits per heavy atom. The average molecular weight is 355 g/mol. The Kier molecular flexibility index (Phi) is 9.25. The molecule has 0 aromatic heterocycles. The van der Waals surface area contributed by atoms with Crippen LogP contribution in [0.4, 0.5) is 0 Å². The number of aliphatic hydroxyl groups is 2. The molecule has 0 rings (SSSR count). The van der Waals surface area contributed by atoms with Gasteiger partial charge in [-0.15, -0.1) is 0 Å². The van der Waals surface area contributed by atoms with Crippen molar-refractivity contribution >= 4 is 35.2 Å². The largest absolute Gasteiger partial charge is 0.436 e. The molecule has 0 aromatic carbocycles. The molecule has 0 unspecified atom stereocenters. The van der Waals surface area contributed by atoms with Gasteiger partial charge < -0.3 is 22.6 Å². The van der Waals surface area contributed by atoms with Gasteiger partial charge in [0.2, 0.25) is 9.76 Å². The third-order valence-electron chi connectivity index (χ3n) is 2.48. The summed E-state index contributed by atoms with van der Waals surface area (Å²) in [4.78, 5) is 0. The molecule has 0 bridgehead atoms. The van der Waals surface area contributed by atoms with Crippen LogP contribution in [0, 0.1) is 0 Å². The first kappa shape index (κ1) is 20.7. The van der Waals surface area contributed by atoms with E-state index in [0.717, 1.165) is 12.5 Å². The zero-order valence-electron chi connectivity index (χ0n) is 13.7.